The monoisotopic (exact) mass is 315 g/mol. The first kappa shape index (κ1) is 14.3. The molecule has 0 unspecified atom stereocenters. The Bertz CT molecular complexity index is 961. The van der Waals surface area contributed by atoms with Gasteiger partial charge in [-0.3, -0.25) is 9.89 Å². The van der Waals surface area contributed by atoms with E-state index in [1.165, 1.54) is 12.1 Å². The van der Waals surface area contributed by atoms with Crippen LogP contribution in [0, 0.1) is 0 Å². The quantitative estimate of drug-likeness (QED) is 0.775. The molecule has 0 aliphatic carbocycles. The Balaban J connectivity index is 1.94. The molecule has 0 aliphatic rings. The zero-order chi connectivity index (χ0) is 15.7. The number of aromatic amines is 1. The largest absolute Gasteiger partial charge is 0.320 e. The van der Waals surface area contributed by atoms with Gasteiger partial charge in [0, 0.05) is 17.2 Å². The molecule has 6 nitrogen and oxygen atoms in total. The molecule has 1 heterocycles. The number of sulfone groups is 1. The number of nitrogens with zero attached hydrogens (tertiary/aromatic N) is 1. The number of fused-ring (bicyclic) bond motifs is 1. The van der Waals surface area contributed by atoms with E-state index in [2.05, 4.69) is 15.5 Å². The molecule has 0 fully saturated rings. The maximum Gasteiger partial charge on any atom is 0.255 e. The van der Waals surface area contributed by atoms with E-state index in [4.69, 9.17) is 0 Å². The minimum atomic E-state index is -3.35. The number of hydrogen-bond acceptors (Lipinski definition) is 4. The van der Waals surface area contributed by atoms with Gasteiger partial charge in [0.15, 0.2) is 9.84 Å². The molecule has 0 atom stereocenters. The third-order valence-corrected chi connectivity index (χ3v) is 4.36. The zero-order valence-electron chi connectivity index (χ0n) is 11.7. The summed E-state index contributed by atoms with van der Waals surface area (Å²) < 4.78 is 23.1. The Hall–Kier alpha value is -2.67. The van der Waals surface area contributed by atoms with Gasteiger partial charge in [0.05, 0.1) is 22.3 Å². The van der Waals surface area contributed by atoms with Crippen LogP contribution in [0.1, 0.15) is 10.4 Å². The average Bonchev–Trinajstić information content (AvgIpc) is 2.96. The molecule has 1 aromatic heterocycles. The van der Waals surface area contributed by atoms with E-state index in [1.54, 1.807) is 30.5 Å². The van der Waals surface area contributed by atoms with E-state index in [-0.39, 0.29) is 16.4 Å². The number of para-hydroxylation sites is 1. The van der Waals surface area contributed by atoms with Crippen molar-refractivity contribution in [3.05, 3.63) is 54.2 Å². The third kappa shape index (κ3) is 2.71. The Morgan fingerprint density at radius 3 is 2.73 bits per heavy atom. The highest BCUT2D eigenvalue weighted by Gasteiger charge is 2.13. The first-order valence-corrected chi connectivity index (χ1v) is 8.38. The molecular formula is C15H13N3O3S. The van der Waals surface area contributed by atoms with Crippen LogP contribution in [0.25, 0.3) is 10.9 Å². The van der Waals surface area contributed by atoms with Gasteiger partial charge < -0.3 is 5.32 Å². The van der Waals surface area contributed by atoms with Crippen LogP contribution in [0.5, 0.6) is 0 Å². The summed E-state index contributed by atoms with van der Waals surface area (Å²) in [7, 11) is -3.35. The molecule has 0 radical (unpaired) electrons. The number of aromatic nitrogens is 2. The summed E-state index contributed by atoms with van der Waals surface area (Å²) in [5.41, 5.74) is 1.58. The molecule has 3 rings (SSSR count). The molecular weight excluding hydrogens is 302 g/mol. The van der Waals surface area contributed by atoms with Gasteiger partial charge in [0.25, 0.3) is 5.91 Å². The van der Waals surface area contributed by atoms with Gasteiger partial charge in [-0.05, 0) is 24.3 Å². The van der Waals surface area contributed by atoms with Crippen molar-refractivity contribution in [2.24, 2.45) is 0 Å². The highest BCUT2D eigenvalue weighted by Crippen LogP contribution is 2.21. The van der Waals surface area contributed by atoms with Gasteiger partial charge in [0.2, 0.25) is 0 Å². The Morgan fingerprint density at radius 1 is 1.18 bits per heavy atom. The number of hydrogen-bond donors (Lipinski definition) is 2. The van der Waals surface area contributed by atoms with Gasteiger partial charge in [-0.2, -0.15) is 5.10 Å². The lowest BCUT2D eigenvalue weighted by atomic mass is 10.2. The minimum Gasteiger partial charge on any atom is -0.320 e. The van der Waals surface area contributed by atoms with E-state index >= 15 is 0 Å². The zero-order valence-corrected chi connectivity index (χ0v) is 12.5. The molecule has 1 amide bonds. The lowest BCUT2D eigenvalue weighted by molar-refractivity contribution is 0.102. The predicted molar refractivity (Wildman–Crippen MR) is 83.6 cm³/mol. The molecule has 7 heteroatoms. The summed E-state index contributed by atoms with van der Waals surface area (Å²) in [6.07, 6.45) is 2.77. The van der Waals surface area contributed by atoms with Crippen LogP contribution in [0.4, 0.5) is 5.69 Å². The van der Waals surface area contributed by atoms with Crippen molar-refractivity contribution < 1.29 is 13.2 Å². The number of carbonyl (C=O) groups is 1. The number of amides is 1. The normalized spacial score (nSPS) is 11.5. The van der Waals surface area contributed by atoms with Crippen molar-refractivity contribution in [3.8, 4) is 0 Å². The summed E-state index contributed by atoms with van der Waals surface area (Å²) in [6, 6.07) is 11.4. The van der Waals surface area contributed by atoms with Crippen molar-refractivity contribution >= 4 is 32.3 Å². The van der Waals surface area contributed by atoms with Gasteiger partial charge in [0.1, 0.15) is 0 Å². The number of H-pyrrole nitrogens is 1. The van der Waals surface area contributed by atoms with Crippen LogP contribution in [-0.2, 0) is 9.84 Å². The van der Waals surface area contributed by atoms with Crippen LogP contribution < -0.4 is 5.32 Å². The molecule has 0 saturated carbocycles. The van der Waals surface area contributed by atoms with E-state index in [0.29, 0.717) is 5.69 Å². The molecule has 0 spiro atoms. The van der Waals surface area contributed by atoms with Gasteiger partial charge in [-0.25, -0.2) is 8.42 Å². The number of carbonyl (C=O) groups excluding carboxylic acids is 1. The van der Waals surface area contributed by atoms with Crippen molar-refractivity contribution in [2.75, 3.05) is 11.6 Å². The molecule has 0 bridgehead atoms. The van der Waals surface area contributed by atoms with E-state index in [0.717, 1.165) is 17.2 Å². The molecule has 112 valence electrons. The summed E-state index contributed by atoms with van der Waals surface area (Å²) >= 11 is 0. The highest BCUT2D eigenvalue weighted by atomic mass is 32.2. The fourth-order valence-electron chi connectivity index (χ4n) is 2.14. The molecule has 3 aromatic rings. The second kappa shape index (κ2) is 5.27. The topological polar surface area (TPSA) is 91.9 Å². The van der Waals surface area contributed by atoms with Gasteiger partial charge in [-0.15, -0.1) is 0 Å². The van der Waals surface area contributed by atoms with E-state index in [1.807, 2.05) is 6.07 Å². The fourth-order valence-corrected chi connectivity index (χ4v) is 2.80. The number of anilines is 1. The molecule has 2 N–H and O–H groups in total. The van der Waals surface area contributed by atoms with E-state index < -0.39 is 9.84 Å². The second-order valence-electron chi connectivity index (χ2n) is 4.89. The van der Waals surface area contributed by atoms with Gasteiger partial charge in [-0.1, -0.05) is 18.2 Å². The van der Waals surface area contributed by atoms with Crippen molar-refractivity contribution in [1.82, 2.24) is 10.2 Å². The summed E-state index contributed by atoms with van der Waals surface area (Å²) in [4.78, 5) is 12.4. The second-order valence-corrected chi connectivity index (χ2v) is 6.91. The van der Waals surface area contributed by atoms with Crippen LogP contribution in [0.2, 0.25) is 0 Å². The lowest BCUT2D eigenvalue weighted by Crippen LogP contribution is -2.13. The lowest BCUT2D eigenvalue weighted by Gasteiger charge is -2.07. The SMILES string of the molecule is CS(=O)(=O)c1cccc(C(=O)Nc2cccc3cn[nH]c23)c1. The Morgan fingerprint density at radius 2 is 1.95 bits per heavy atom. The van der Waals surface area contributed by atoms with Crippen molar-refractivity contribution in [3.63, 3.8) is 0 Å². The first-order valence-electron chi connectivity index (χ1n) is 6.49. The maximum atomic E-state index is 12.3. The number of benzene rings is 2. The third-order valence-electron chi connectivity index (χ3n) is 3.25. The Labute approximate surface area is 127 Å². The highest BCUT2D eigenvalue weighted by molar-refractivity contribution is 7.90. The van der Waals surface area contributed by atoms with Gasteiger partial charge >= 0.3 is 0 Å². The van der Waals surface area contributed by atoms with E-state index in [9.17, 15) is 13.2 Å². The summed E-state index contributed by atoms with van der Waals surface area (Å²) in [5, 5.41) is 10.4. The van der Waals surface area contributed by atoms with Crippen molar-refractivity contribution in [1.29, 1.82) is 0 Å². The maximum absolute atomic E-state index is 12.3. The van der Waals surface area contributed by atoms with Crippen molar-refractivity contribution in [2.45, 2.75) is 4.90 Å². The predicted octanol–water partition coefficient (Wildman–Crippen LogP) is 2.22. The molecule has 22 heavy (non-hydrogen) atoms. The molecule has 2 aromatic carbocycles. The van der Waals surface area contributed by atoms with Crippen LogP contribution in [0.15, 0.2) is 53.6 Å². The smallest absolute Gasteiger partial charge is 0.255 e. The average molecular weight is 315 g/mol. The number of rotatable bonds is 3. The summed E-state index contributed by atoms with van der Waals surface area (Å²) in [5.74, 6) is -0.382. The van der Waals surface area contributed by atoms with Crippen LogP contribution in [-0.4, -0.2) is 30.8 Å². The molecule has 0 saturated heterocycles. The first-order chi connectivity index (χ1) is 10.4. The number of nitrogens with one attached hydrogen (secondary N) is 2. The standard InChI is InChI=1S/C15H13N3O3S/c1-22(20,21)12-6-2-4-10(8-12)15(19)17-13-7-3-5-11-9-16-18-14(11)13/h2-9H,1H3,(H,16,18)(H,17,19). The summed E-state index contributed by atoms with van der Waals surface area (Å²) in [6.45, 7) is 0. The molecule has 0 aliphatic heterocycles. The Kier molecular flexibility index (Phi) is 3.42. The minimum absolute atomic E-state index is 0.111. The van der Waals surface area contributed by atoms with Crippen LogP contribution in [0.3, 0.4) is 0 Å². The van der Waals surface area contributed by atoms with Crippen LogP contribution >= 0.6 is 0 Å². The fraction of sp³-hybridized carbons (Fsp3) is 0.0667.